The third kappa shape index (κ3) is 4.48. The molecule has 154 valence electrons. The van der Waals surface area contributed by atoms with Crippen LogP contribution in [0, 0.1) is 0 Å². The number of carbonyl (C=O) groups is 4. The van der Waals surface area contributed by atoms with Crippen LogP contribution in [0.1, 0.15) is 26.3 Å². The number of nitrogens with zero attached hydrogens (tertiary/aromatic N) is 1. The van der Waals surface area contributed by atoms with Crippen LogP contribution in [0.3, 0.4) is 0 Å². The Labute approximate surface area is 177 Å². The average molecular weight is 428 g/mol. The highest BCUT2D eigenvalue weighted by Gasteiger charge is 2.34. The van der Waals surface area contributed by atoms with Crippen LogP contribution in [-0.4, -0.2) is 55.3 Å². The summed E-state index contributed by atoms with van der Waals surface area (Å²) < 4.78 is 9.99. The van der Waals surface area contributed by atoms with Crippen LogP contribution in [-0.2, 0) is 19.1 Å². The third-order valence-electron chi connectivity index (χ3n) is 4.48. The number of Topliss-reactive ketones (excluding diaryl/α,β-unsaturated/α-hetero) is 1. The first kappa shape index (κ1) is 21.4. The van der Waals surface area contributed by atoms with E-state index < -0.39 is 30.2 Å². The molecule has 0 saturated heterocycles. The normalized spacial score (nSPS) is 13.4. The number of ether oxygens (including phenoxy) is 2. The summed E-state index contributed by atoms with van der Waals surface area (Å²) >= 11 is 6.08. The van der Waals surface area contributed by atoms with Crippen molar-refractivity contribution in [1.29, 1.82) is 0 Å². The summed E-state index contributed by atoms with van der Waals surface area (Å²) in [5.74, 6) is -2.23. The Kier molecular flexibility index (Phi) is 6.76. The topological polar surface area (TPSA) is 90.0 Å². The highest BCUT2D eigenvalue weighted by Crippen LogP contribution is 2.22. The Hall–Kier alpha value is -3.29. The summed E-state index contributed by atoms with van der Waals surface area (Å²) in [6.45, 7) is -0.492. The molecule has 7 nitrogen and oxygen atoms in total. The van der Waals surface area contributed by atoms with Gasteiger partial charge in [-0.15, -0.1) is 0 Å². The zero-order chi connectivity index (χ0) is 21.7. The molecule has 0 radical (unpaired) electrons. The van der Waals surface area contributed by atoms with Crippen molar-refractivity contribution in [3.8, 4) is 0 Å². The SMILES string of the molecule is COC(=O)C(=Cc1ccccc1Cl)C(=O)COCCN1C(=O)c2ccccc2C1=O. The number of rotatable bonds is 8. The quantitative estimate of drug-likeness (QED) is 0.161. The molecule has 0 unspecified atom stereocenters. The number of ketones is 1. The Morgan fingerprint density at radius 2 is 1.60 bits per heavy atom. The lowest BCUT2D eigenvalue weighted by molar-refractivity contribution is -0.138. The molecule has 0 saturated carbocycles. The zero-order valence-electron chi connectivity index (χ0n) is 16.1. The van der Waals surface area contributed by atoms with Crippen LogP contribution >= 0.6 is 11.6 Å². The van der Waals surface area contributed by atoms with Gasteiger partial charge in [0.05, 0.1) is 31.4 Å². The van der Waals surface area contributed by atoms with Crippen molar-refractivity contribution >= 4 is 41.2 Å². The van der Waals surface area contributed by atoms with Gasteiger partial charge >= 0.3 is 5.97 Å². The second kappa shape index (κ2) is 9.47. The first-order valence-corrected chi connectivity index (χ1v) is 9.42. The molecule has 0 bridgehead atoms. The van der Waals surface area contributed by atoms with E-state index in [4.69, 9.17) is 16.3 Å². The number of hydrogen-bond donors (Lipinski definition) is 0. The molecular formula is C22H18ClNO6. The van der Waals surface area contributed by atoms with Crippen molar-refractivity contribution in [1.82, 2.24) is 4.90 Å². The van der Waals surface area contributed by atoms with E-state index in [9.17, 15) is 19.2 Å². The molecule has 8 heteroatoms. The summed E-state index contributed by atoms with van der Waals surface area (Å²) in [6.07, 6.45) is 1.34. The summed E-state index contributed by atoms with van der Waals surface area (Å²) in [5.41, 5.74) is 0.953. The van der Waals surface area contributed by atoms with E-state index in [-0.39, 0.29) is 18.7 Å². The fourth-order valence-electron chi connectivity index (χ4n) is 2.95. The van der Waals surface area contributed by atoms with Crippen LogP contribution in [0.2, 0.25) is 5.02 Å². The minimum atomic E-state index is -0.816. The van der Waals surface area contributed by atoms with Crippen LogP contribution in [0.15, 0.2) is 54.1 Å². The van der Waals surface area contributed by atoms with Crippen LogP contribution in [0.5, 0.6) is 0 Å². The van der Waals surface area contributed by atoms with Gasteiger partial charge in [-0.3, -0.25) is 19.3 Å². The number of halogens is 1. The lowest BCUT2D eigenvalue weighted by Gasteiger charge is -2.13. The fraction of sp³-hybridized carbons (Fsp3) is 0.182. The second-order valence-corrected chi connectivity index (χ2v) is 6.76. The monoisotopic (exact) mass is 427 g/mol. The first-order valence-electron chi connectivity index (χ1n) is 9.04. The molecule has 0 atom stereocenters. The molecule has 1 aliphatic rings. The standard InChI is InChI=1S/C22H18ClNO6/c1-29-22(28)17(12-14-6-2-5-9-18(14)23)19(25)13-30-11-10-24-20(26)15-7-3-4-8-16(15)21(24)27/h2-9,12H,10-11,13H2,1H3. The van der Waals surface area contributed by atoms with Gasteiger partial charge in [0.15, 0.2) is 5.78 Å². The number of benzene rings is 2. The number of methoxy groups -OCH3 is 1. The van der Waals surface area contributed by atoms with Gasteiger partial charge in [0, 0.05) is 5.02 Å². The van der Waals surface area contributed by atoms with E-state index in [0.29, 0.717) is 21.7 Å². The van der Waals surface area contributed by atoms with Crippen LogP contribution < -0.4 is 0 Å². The van der Waals surface area contributed by atoms with Crippen molar-refractivity contribution in [2.24, 2.45) is 0 Å². The van der Waals surface area contributed by atoms with E-state index >= 15 is 0 Å². The highest BCUT2D eigenvalue weighted by atomic mass is 35.5. The predicted molar refractivity (Wildman–Crippen MR) is 109 cm³/mol. The van der Waals surface area contributed by atoms with E-state index in [2.05, 4.69) is 4.74 Å². The average Bonchev–Trinajstić information content (AvgIpc) is 3.00. The molecule has 2 aromatic carbocycles. The van der Waals surface area contributed by atoms with Crippen LogP contribution in [0.4, 0.5) is 0 Å². The van der Waals surface area contributed by atoms with Crippen molar-refractivity contribution in [2.45, 2.75) is 0 Å². The molecule has 3 rings (SSSR count). The second-order valence-electron chi connectivity index (χ2n) is 6.35. The Bertz CT molecular complexity index is 1010. The smallest absolute Gasteiger partial charge is 0.341 e. The molecule has 0 aromatic heterocycles. The zero-order valence-corrected chi connectivity index (χ0v) is 16.8. The molecule has 0 fully saturated rings. The number of carbonyl (C=O) groups excluding carboxylic acids is 4. The molecule has 0 aliphatic carbocycles. The Morgan fingerprint density at radius 1 is 1.00 bits per heavy atom. The molecule has 1 aliphatic heterocycles. The minimum Gasteiger partial charge on any atom is -0.465 e. The summed E-state index contributed by atoms with van der Waals surface area (Å²) in [6, 6.07) is 13.3. The minimum absolute atomic E-state index is 0.0125. The van der Waals surface area contributed by atoms with Crippen LogP contribution in [0.25, 0.3) is 6.08 Å². The van der Waals surface area contributed by atoms with Crippen molar-refractivity contribution < 1.29 is 28.7 Å². The van der Waals surface area contributed by atoms with Gasteiger partial charge in [-0.05, 0) is 29.8 Å². The Morgan fingerprint density at radius 3 is 2.20 bits per heavy atom. The maximum atomic E-state index is 12.5. The number of hydrogen-bond acceptors (Lipinski definition) is 6. The maximum Gasteiger partial charge on any atom is 0.341 e. The molecule has 2 aromatic rings. The van der Waals surface area contributed by atoms with Gasteiger partial charge in [-0.25, -0.2) is 4.79 Å². The largest absolute Gasteiger partial charge is 0.465 e. The molecule has 1 heterocycles. The van der Waals surface area contributed by atoms with Gasteiger partial charge in [0.25, 0.3) is 11.8 Å². The highest BCUT2D eigenvalue weighted by molar-refractivity contribution is 6.32. The molecule has 30 heavy (non-hydrogen) atoms. The van der Waals surface area contributed by atoms with Crippen molar-refractivity contribution in [3.05, 3.63) is 75.8 Å². The van der Waals surface area contributed by atoms with Gasteiger partial charge in [0.1, 0.15) is 12.2 Å². The predicted octanol–water partition coefficient (Wildman–Crippen LogP) is 2.78. The van der Waals surface area contributed by atoms with Crippen molar-refractivity contribution in [2.75, 3.05) is 26.9 Å². The molecule has 2 amide bonds. The van der Waals surface area contributed by atoms with Gasteiger partial charge in [0.2, 0.25) is 0 Å². The van der Waals surface area contributed by atoms with E-state index in [1.165, 1.54) is 13.2 Å². The first-order chi connectivity index (χ1) is 14.4. The van der Waals surface area contributed by atoms with Gasteiger partial charge in [-0.2, -0.15) is 0 Å². The summed E-state index contributed by atoms with van der Waals surface area (Å²) in [5, 5.41) is 0.373. The number of esters is 1. The molecule has 0 spiro atoms. The maximum absolute atomic E-state index is 12.5. The molecule has 0 N–H and O–H groups in total. The van der Waals surface area contributed by atoms with Crippen molar-refractivity contribution in [3.63, 3.8) is 0 Å². The number of fused-ring (bicyclic) bond motifs is 1. The lowest BCUT2D eigenvalue weighted by Crippen LogP contribution is -2.33. The van der Waals surface area contributed by atoms with E-state index in [1.54, 1.807) is 48.5 Å². The summed E-state index contributed by atoms with van der Waals surface area (Å²) in [7, 11) is 1.17. The third-order valence-corrected chi connectivity index (χ3v) is 4.83. The van der Waals surface area contributed by atoms with Gasteiger partial charge in [-0.1, -0.05) is 41.9 Å². The number of amides is 2. The summed E-state index contributed by atoms with van der Waals surface area (Å²) in [4.78, 5) is 50.2. The number of imide groups is 1. The van der Waals surface area contributed by atoms with E-state index in [1.807, 2.05) is 0 Å². The molecular weight excluding hydrogens is 410 g/mol. The Balaban J connectivity index is 1.60. The lowest BCUT2D eigenvalue weighted by atomic mass is 10.1. The van der Waals surface area contributed by atoms with Gasteiger partial charge < -0.3 is 9.47 Å². The fourth-order valence-corrected chi connectivity index (χ4v) is 3.14. The van der Waals surface area contributed by atoms with E-state index in [0.717, 1.165) is 4.90 Å².